The molecule has 0 atom stereocenters. The van der Waals surface area contributed by atoms with Crippen molar-refractivity contribution >= 4 is 28.4 Å². The number of aryl methyl sites for hydroxylation is 1. The lowest BCUT2D eigenvalue weighted by molar-refractivity contribution is 0.0996. The van der Waals surface area contributed by atoms with Crippen LogP contribution in [0.15, 0.2) is 60.8 Å². The number of carbonyl (C=O) groups is 2. The van der Waals surface area contributed by atoms with Crippen LogP contribution in [-0.2, 0) is 13.0 Å². The topological polar surface area (TPSA) is 127 Å². The molecule has 0 spiro atoms. The van der Waals surface area contributed by atoms with E-state index in [9.17, 15) is 9.59 Å². The number of anilines is 1. The van der Waals surface area contributed by atoms with Gasteiger partial charge in [-0.3, -0.25) is 14.3 Å². The molecule has 2 amide bonds. The van der Waals surface area contributed by atoms with Gasteiger partial charge < -0.3 is 11.1 Å². The summed E-state index contributed by atoms with van der Waals surface area (Å²) in [6.07, 6.45) is 2.40. The second kappa shape index (κ2) is 8.70. The first-order valence-corrected chi connectivity index (χ1v) is 10.0. The molecule has 0 radical (unpaired) electrons. The normalized spacial score (nSPS) is 10.6. The highest BCUT2D eigenvalue weighted by Gasteiger charge is 2.18. The van der Waals surface area contributed by atoms with E-state index in [1.807, 2.05) is 19.1 Å². The molecule has 0 saturated carbocycles. The van der Waals surface area contributed by atoms with E-state index in [0.717, 1.165) is 11.3 Å². The number of para-hydroxylation sites is 1. The van der Waals surface area contributed by atoms with Crippen LogP contribution in [0.2, 0.25) is 0 Å². The fourth-order valence-electron chi connectivity index (χ4n) is 3.46. The number of carbonyl (C=O) groups excluding carboxylic acids is 2. The first-order valence-electron chi connectivity index (χ1n) is 10.0. The van der Waals surface area contributed by atoms with Gasteiger partial charge in [-0.2, -0.15) is 10.4 Å². The number of nitrogens with two attached hydrogens (primary N) is 1. The minimum absolute atomic E-state index is 0.0288. The summed E-state index contributed by atoms with van der Waals surface area (Å²) in [6.45, 7) is 2.45. The predicted molar refractivity (Wildman–Crippen MR) is 120 cm³/mol. The molecule has 32 heavy (non-hydrogen) atoms. The first kappa shape index (κ1) is 20.8. The molecule has 0 bridgehead atoms. The minimum atomic E-state index is -0.700. The van der Waals surface area contributed by atoms with Crippen LogP contribution in [0, 0.1) is 11.3 Å². The van der Waals surface area contributed by atoms with Gasteiger partial charge in [-0.05, 0) is 36.2 Å². The summed E-state index contributed by atoms with van der Waals surface area (Å²) in [7, 11) is 0. The number of fused-ring (bicyclic) bond motifs is 1. The van der Waals surface area contributed by atoms with Gasteiger partial charge in [0, 0.05) is 11.6 Å². The molecule has 0 aliphatic rings. The van der Waals surface area contributed by atoms with Crippen molar-refractivity contribution in [2.24, 2.45) is 5.73 Å². The monoisotopic (exact) mass is 424 g/mol. The quantitative estimate of drug-likeness (QED) is 0.491. The molecular weight excluding hydrogens is 404 g/mol. The van der Waals surface area contributed by atoms with Gasteiger partial charge in [0.15, 0.2) is 0 Å². The molecule has 3 N–H and O–H groups in total. The molecule has 158 valence electrons. The summed E-state index contributed by atoms with van der Waals surface area (Å²) in [5.41, 5.74) is 9.16. The Kier molecular flexibility index (Phi) is 5.64. The average Bonchev–Trinajstić information content (AvgIpc) is 3.19. The molecule has 4 rings (SSSR count). The summed E-state index contributed by atoms with van der Waals surface area (Å²) < 4.78 is 1.75. The highest BCUT2D eigenvalue weighted by atomic mass is 16.2. The zero-order valence-corrected chi connectivity index (χ0v) is 17.4. The van der Waals surface area contributed by atoms with Crippen molar-refractivity contribution < 1.29 is 9.59 Å². The van der Waals surface area contributed by atoms with Gasteiger partial charge in [0.05, 0.1) is 40.6 Å². The third kappa shape index (κ3) is 4.18. The molecule has 0 aliphatic carbocycles. The molecule has 2 aromatic carbocycles. The van der Waals surface area contributed by atoms with Crippen molar-refractivity contribution in [3.8, 4) is 6.07 Å². The fourth-order valence-corrected chi connectivity index (χ4v) is 3.46. The Labute approximate surface area is 184 Å². The van der Waals surface area contributed by atoms with Crippen LogP contribution >= 0.6 is 0 Å². The largest absolute Gasteiger partial charge is 0.364 e. The summed E-state index contributed by atoms with van der Waals surface area (Å²) in [5, 5.41) is 17.1. The van der Waals surface area contributed by atoms with Crippen LogP contribution < -0.4 is 11.1 Å². The van der Waals surface area contributed by atoms with Crippen molar-refractivity contribution in [3.63, 3.8) is 0 Å². The number of nitrogens with one attached hydrogen (secondary N) is 1. The van der Waals surface area contributed by atoms with E-state index in [4.69, 9.17) is 11.0 Å². The Morgan fingerprint density at radius 1 is 1.16 bits per heavy atom. The maximum absolute atomic E-state index is 13.2. The predicted octanol–water partition coefficient (Wildman–Crippen LogP) is 3.26. The second-order valence-electron chi connectivity index (χ2n) is 7.24. The van der Waals surface area contributed by atoms with E-state index < -0.39 is 5.91 Å². The molecule has 4 aromatic rings. The number of hydrogen-bond acceptors (Lipinski definition) is 5. The third-order valence-corrected chi connectivity index (χ3v) is 5.06. The van der Waals surface area contributed by atoms with E-state index in [0.29, 0.717) is 40.7 Å². The van der Waals surface area contributed by atoms with Crippen LogP contribution in [0.25, 0.3) is 10.9 Å². The van der Waals surface area contributed by atoms with Gasteiger partial charge >= 0.3 is 0 Å². The summed E-state index contributed by atoms with van der Waals surface area (Å²) in [5.74, 6) is -1.08. The molecule has 8 nitrogen and oxygen atoms in total. The van der Waals surface area contributed by atoms with Crippen LogP contribution in [-0.4, -0.2) is 26.6 Å². The molecule has 0 saturated heterocycles. The van der Waals surface area contributed by atoms with Gasteiger partial charge in [-0.15, -0.1) is 0 Å². The minimum Gasteiger partial charge on any atom is -0.364 e. The first-order chi connectivity index (χ1) is 15.5. The van der Waals surface area contributed by atoms with Crippen LogP contribution in [0.5, 0.6) is 0 Å². The Hall–Kier alpha value is -4.51. The molecule has 2 heterocycles. The van der Waals surface area contributed by atoms with Gasteiger partial charge in [0.25, 0.3) is 11.8 Å². The van der Waals surface area contributed by atoms with Crippen molar-refractivity contribution in [2.75, 3.05) is 5.32 Å². The van der Waals surface area contributed by atoms with E-state index in [1.165, 1.54) is 6.07 Å². The molecule has 0 aliphatic heterocycles. The third-order valence-electron chi connectivity index (χ3n) is 5.06. The van der Waals surface area contributed by atoms with Crippen LogP contribution in [0.4, 0.5) is 5.69 Å². The van der Waals surface area contributed by atoms with Crippen molar-refractivity contribution in [1.82, 2.24) is 14.8 Å². The SMILES string of the molecule is CCc1nn(Cc2ccc(C#N)cc2)cc1NC(=O)c1cc(C(N)=O)nc2ccccc12. The van der Waals surface area contributed by atoms with Crippen molar-refractivity contribution in [3.05, 3.63) is 88.9 Å². The second-order valence-corrected chi connectivity index (χ2v) is 7.24. The number of amides is 2. The van der Waals surface area contributed by atoms with E-state index >= 15 is 0 Å². The highest BCUT2D eigenvalue weighted by Crippen LogP contribution is 2.22. The van der Waals surface area contributed by atoms with Gasteiger partial charge in [0.1, 0.15) is 5.69 Å². The number of nitriles is 1. The molecular formula is C24H20N6O2. The lowest BCUT2D eigenvalue weighted by atomic mass is 10.1. The van der Waals surface area contributed by atoms with Gasteiger partial charge in [-0.25, -0.2) is 4.98 Å². The molecule has 0 fully saturated rings. The molecule has 8 heteroatoms. The van der Waals surface area contributed by atoms with E-state index in [1.54, 1.807) is 47.3 Å². The maximum atomic E-state index is 13.2. The summed E-state index contributed by atoms with van der Waals surface area (Å²) in [6, 6.07) is 17.9. The number of rotatable bonds is 6. The standard InChI is InChI=1S/C24H20N6O2/c1-2-19-22(14-30(29-19)13-16-9-7-15(12-25)8-10-16)28-24(32)18-11-21(23(26)31)27-20-6-4-3-5-17(18)20/h3-11,14H,2,13H2,1H3,(H2,26,31)(H,28,32). The Balaban J connectivity index is 1.63. The lowest BCUT2D eigenvalue weighted by Gasteiger charge is -2.09. The molecule has 0 unspecified atom stereocenters. The number of benzene rings is 2. The van der Waals surface area contributed by atoms with Gasteiger partial charge in [-0.1, -0.05) is 37.3 Å². The highest BCUT2D eigenvalue weighted by molar-refractivity contribution is 6.13. The maximum Gasteiger partial charge on any atom is 0.267 e. The summed E-state index contributed by atoms with van der Waals surface area (Å²) in [4.78, 5) is 29.1. The van der Waals surface area contributed by atoms with E-state index in [2.05, 4.69) is 21.5 Å². The smallest absolute Gasteiger partial charge is 0.267 e. The number of aromatic nitrogens is 3. The van der Waals surface area contributed by atoms with Gasteiger partial charge in [0.2, 0.25) is 0 Å². The fraction of sp³-hybridized carbons (Fsp3) is 0.125. The van der Waals surface area contributed by atoms with Crippen molar-refractivity contribution in [1.29, 1.82) is 5.26 Å². The molecule has 2 aromatic heterocycles. The number of hydrogen-bond donors (Lipinski definition) is 2. The number of nitrogens with zero attached hydrogens (tertiary/aromatic N) is 4. The Morgan fingerprint density at radius 3 is 2.59 bits per heavy atom. The number of primary amides is 1. The van der Waals surface area contributed by atoms with Crippen LogP contribution in [0.1, 0.15) is 44.6 Å². The zero-order chi connectivity index (χ0) is 22.7. The Morgan fingerprint density at radius 2 is 1.91 bits per heavy atom. The van der Waals surface area contributed by atoms with Crippen molar-refractivity contribution in [2.45, 2.75) is 19.9 Å². The zero-order valence-electron chi connectivity index (χ0n) is 17.4. The van der Waals surface area contributed by atoms with Crippen LogP contribution in [0.3, 0.4) is 0 Å². The summed E-state index contributed by atoms with van der Waals surface area (Å²) >= 11 is 0. The van der Waals surface area contributed by atoms with E-state index in [-0.39, 0.29) is 11.6 Å². The average molecular weight is 424 g/mol. The lowest BCUT2D eigenvalue weighted by Crippen LogP contribution is -2.18. The Bertz CT molecular complexity index is 1370. The number of pyridine rings is 1.